The average Bonchev–Trinajstić information content (AvgIpc) is 2.41. The predicted octanol–water partition coefficient (Wildman–Crippen LogP) is 3.57. The fraction of sp³-hybridized carbons (Fsp3) is 0.188. The summed E-state index contributed by atoms with van der Waals surface area (Å²) >= 11 is 3.42. The highest BCUT2D eigenvalue weighted by Gasteiger charge is 2.10. The fourth-order valence-corrected chi connectivity index (χ4v) is 2.37. The Bertz CT molecular complexity index is 596. The molecular formula is C16H16BrNO2. The summed E-state index contributed by atoms with van der Waals surface area (Å²) in [7, 11) is 0. The number of phenolic OH excluding ortho intramolecular Hbond substituents is 1. The van der Waals surface area contributed by atoms with Gasteiger partial charge in [0, 0.05) is 4.47 Å². The topological polar surface area (TPSA) is 49.3 Å². The molecule has 2 aromatic rings. The van der Waals surface area contributed by atoms with Gasteiger partial charge in [-0.25, -0.2) is 0 Å². The smallest absolute Gasteiger partial charge is 0.224 e. The van der Waals surface area contributed by atoms with Gasteiger partial charge in [0.2, 0.25) is 5.91 Å². The van der Waals surface area contributed by atoms with Gasteiger partial charge in [0.05, 0.1) is 12.5 Å². The quantitative estimate of drug-likeness (QED) is 0.898. The first kappa shape index (κ1) is 14.6. The molecule has 0 bridgehead atoms. The molecule has 2 aromatic carbocycles. The molecule has 1 amide bonds. The molecule has 0 radical (unpaired) electrons. The summed E-state index contributed by atoms with van der Waals surface area (Å²) in [4.78, 5) is 12.0. The lowest BCUT2D eigenvalue weighted by atomic mass is 10.1. The molecule has 4 heteroatoms. The van der Waals surface area contributed by atoms with Crippen LogP contribution in [0.3, 0.4) is 0 Å². The number of hydrogen-bond acceptors (Lipinski definition) is 2. The van der Waals surface area contributed by atoms with Gasteiger partial charge in [-0.2, -0.15) is 0 Å². The van der Waals surface area contributed by atoms with Crippen LogP contribution in [0.15, 0.2) is 53.0 Å². The van der Waals surface area contributed by atoms with Crippen molar-refractivity contribution < 1.29 is 9.90 Å². The lowest BCUT2D eigenvalue weighted by Gasteiger charge is -2.14. The highest BCUT2D eigenvalue weighted by atomic mass is 79.9. The molecule has 20 heavy (non-hydrogen) atoms. The van der Waals surface area contributed by atoms with Crippen LogP contribution in [0.2, 0.25) is 0 Å². The minimum absolute atomic E-state index is 0.0387. The predicted molar refractivity (Wildman–Crippen MR) is 82.5 cm³/mol. The third-order valence-electron chi connectivity index (χ3n) is 3.03. The minimum atomic E-state index is -0.0443. The van der Waals surface area contributed by atoms with E-state index in [1.807, 2.05) is 31.2 Å². The maximum Gasteiger partial charge on any atom is 0.224 e. The number of carbonyl (C=O) groups excluding carboxylic acids is 1. The largest absolute Gasteiger partial charge is 0.508 e. The molecule has 0 spiro atoms. The Balaban J connectivity index is 1.95. The van der Waals surface area contributed by atoms with E-state index in [4.69, 9.17) is 0 Å². The summed E-state index contributed by atoms with van der Waals surface area (Å²) < 4.78 is 0.995. The summed E-state index contributed by atoms with van der Waals surface area (Å²) in [5, 5.41) is 12.2. The maximum absolute atomic E-state index is 12.0. The van der Waals surface area contributed by atoms with E-state index in [1.54, 1.807) is 24.3 Å². The van der Waals surface area contributed by atoms with Crippen molar-refractivity contribution >= 4 is 21.8 Å². The van der Waals surface area contributed by atoms with Crippen molar-refractivity contribution in [2.45, 2.75) is 19.4 Å². The van der Waals surface area contributed by atoms with Gasteiger partial charge in [-0.1, -0.05) is 40.2 Å². The van der Waals surface area contributed by atoms with Crippen molar-refractivity contribution in [2.75, 3.05) is 0 Å². The van der Waals surface area contributed by atoms with Crippen LogP contribution < -0.4 is 5.32 Å². The summed E-state index contributed by atoms with van der Waals surface area (Å²) in [6.45, 7) is 1.95. The molecule has 2 rings (SSSR count). The monoisotopic (exact) mass is 333 g/mol. The van der Waals surface area contributed by atoms with Crippen LogP contribution in [-0.4, -0.2) is 11.0 Å². The molecule has 0 saturated carbocycles. The van der Waals surface area contributed by atoms with Gasteiger partial charge in [0.15, 0.2) is 0 Å². The molecule has 0 aliphatic rings. The molecule has 0 fully saturated rings. The number of benzene rings is 2. The average molecular weight is 334 g/mol. The fourth-order valence-electron chi connectivity index (χ4n) is 1.95. The third kappa shape index (κ3) is 4.10. The number of nitrogens with one attached hydrogen (secondary N) is 1. The van der Waals surface area contributed by atoms with Crippen molar-refractivity contribution in [3.8, 4) is 5.75 Å². The van der Waals surface area contributed by atoms with E-state index in [1.165, 1.54) is 0 Å². The number of hydrogen-bond donors (Lipinski definition) is 2. The highest BCUT2D eigenvalue weighted by Crippen LogP contribution is 2.18. The molecule has 3 nitrogen and oxygen atoms in total. The van der Waals surface area contributed by atoms with Crippen molar-refractivity contribution in [1.82, 2.24) is 5.32 Å². The van der Waals surface area contributed by atoms with Crippen molar-refractivity contribution in [2.24, 2.45) is 0 Å². The number of rotatable bonds is 4. The van der Waals surface area contributed by atoms with Crippen LogP contribution in [0.5, 0.6) is 5.75 Å². The van der Waals surface area contributed by atoms with Crippen LogP contribution in [0, 0.1) is 0 Å². The van der Waals surface area contributed by atoms with Crippen LogP contribution in [0.1, 0.15) is 24.1 Å². The van der Waals surface area contributed by atoms with Crippen LogP contribution in [-0.2, 0) is 11.2 Å². The summed E-state index contributed by atoms with van der Waals surface area (Å²) in [5.41, 5.74) is 1.93. The van der Waals surface area contributed by atoms with Crippen molar-refractivity contribution in [3.63, 3.8) is 0 Å². The Labute approximate surface area is 126 Å². The van der Waals surface area contributed by atoms with Gasteiger partial charge in [0.1, 0.15) is 5.75 Å². The maximum atomic E-state index is 12.0. The van der Waals surface area contributed by atoms with E-state index < -0.39 is 0 Å². The Hall–Kier alpha value is -1.81. The van der Waals surface area contributed by atoms with Crippen LogP contribution >= 0.6 is 15.9 Å². The molecule has 0 heterocycles. The number of aromatic hydroxyl groups is 1. The molecule has 104 valence electrons. The molecule has 0 aromatic heterocycles. The molecule has 0 saturated heterocycles. The van der Waals surface area contributed by atoms with Crippen molar-refractivity contribution in [3.05, 3.63) is 64.1 Å². The lowest BCUT2D eigenvalue weighted by molar-refractivity contribution is -0.121. The first-order valence-corrected chi connectivity index (χ1v) is 7.16. The van der Waals surface area contributed by atoms with Gasteiger partial charge in [0.25, 0.3) is 0 Å². The first-order valence-electron chi connectivity index (χ1n) is 6.37. The summed E-state index contributed by atoms with van der Waals surface area (Å²) in [6, 6.07) is 14.5. The van der Waals surface area contributed by atoms with E-state index in [-0.39, 0.29) is 17.7 Å². The lowest BCUT2D eigenvalue weighted by Crippen LogP contribution is -2.28. The Morgan fingerprint density at radius 3 is 2.60 bits per heavy atom. The third-order valence-corrected chi connectivity index (χ3v) is 3.52. The van der Waals surface area contributed by atoms with Gasteiger partial charge >= 0.3 is 0 Å². The number of halogens is 1. The summed E-state index contributed by atoms with van der Waals surface area (Å²) in [6.07, 6.45) is 0.304. The van der Waals surface area contributed by atoms with E-state index >= 15 is 0 Å². The second-order valence-electron chi connectivity index (χ2n) is 4.69. The van der Waals surface area contributed by atoms with Crippen LogP contribution in [0.4, 0.5) is 0 Å². The zero-order valence-corrected chi connectivity index (χ0v) is 12.7. The highest BCUT2D eigenvalue weighted by molar-refractivity contribution is 9.10. The molecule has 1 atom stereocenters. The van der Waals surface area contributed by atoms with Gasteiger partial charge in [-0.05, 0) is 42.3 Å². The normalized spacial score (nSPS) is 11.9. The molecule has 2 N–H and O–H groups in total. The van der Waals surface area contributed by atoms with Crippen LogP contribution in [0.25, 0.3) is 0 Å². The Morgan fingerprint density at radius 2 is 1.95 bits per heavy atom. The molecular weight excluding hydrogens is 318 g/mol. The Kier molecular flexibility index (Phi) is 4.79. The van der Waals surface area contributed by atoms with E-state index in [9.17, 15) is 9.90 Å². The second kappa shape index (κ2) is 6.57. The van der Waals surface area contributed by atoms with Crippen molar-refractivity contribution in [1.29, 1.82) is 0 Å². The number of amides is 1. The molecule has 1 unspecified atom stereocenters. The number of carbonyl (C=O) groups is 1. The standard InChI is InChI=1S/C16H16BrNO2/c1-11(13-3-2-4-14(17)10-13)18-16(20)9-12-5-7-15(19)8-6-12/h2-8,10-11,19H,9H2,1H3,(H,18,20). The van der Waals surface area contributed by atoms with Gasteiger partial charge < -0.3 is 10.4 Å². The molecule has 0 aliphatic heterocycles. The van der Waals surface area contributed by atoms with E-state index in [0.717, 1.165) is 15.6 Å². The first-order chi connectivity index (χ1) is 9.54. The zero-order chi connectivity index (χ0) is 14.5. The van der Waals surface area contributed by atoms with E-state index in [0.29, 0.717) is 6.42 Å². The second-order valence-corrected chi connectivity index (χ2v) is 5.60. The SMILES string of the molecule is CC(NC(=O)Cc1ccc(O)cc1)c1cccc(Br)c1. The zero-order valence-electron chi connectivity index (χ0n) is 11.1. The van der Waals surface area contributed by atoms with Gasteiger partial charge in [-0.15, -0.1) is 0 Å². The Morgan fingerprint density at radius 1 is 1.25 bits per heavy atom. The summed E-state index contributed by atoms with van der Waals surface area (Å²) in [5.74, 6) is 0.167. The van der Waals surface area contributed by atoms with Gasteiger partial charge in [-0.3, -0.25) is 4.79 Å². The minimum Gasteiger partial charge on any atom is -0.508 e. The number of phenols is 1. The molecule has 0 aliphatic carbocycles. The van der Waals surface area contributed by atoms with E-state index in [2.05, 4.69) is 21.2 Å².